The lowest BCUT2D eigenvalue weighted by Crippen LogP contribution is -2.12. The van der Waals surface area contributed by atoms with Gasteiger partial charge in [0.05, 0.1) is 6.42 Å². The van der Waals surface area contributed by atoms with Gasteiger partial charge < -0.3 is 4.42 Å². The van der Waals surface area contributed by atoms with Crippen molar-refractivity contribution in [3.8, 4) is 0 Å². The number of carbonyl (C=O) groups excluding carboxylic acids is 1. The summed E-state index contributed by atoms with van der Waals surface area (Å²) < 4.78 is 7.38. The third-order valence-corrected chi connectivity index (χ3v) is 3.40. The highest BCUT2D eigenvalue weighted by Crippen LogP contribution is 2.21. The Kier molecular flexibility index (Phi) is 3.33. The molecule has 2 aromatic heterocycles. The first-order valence-electron chi connectivity index (χ1n) is 6.96. The van der Waals surface area contributed by atoms with Crippen LogP contribution < -0.4 is 0 Å². The third-order valence-electron chi connectivity index (χ3n) is 3.40. The van der Waals surface area contributed by atoms with Crippen molar-refractivity contribution in [2.45, 2.75) is 33.2 Å². The van der Waals surface area contributed by atoms with E-state index in [1.54, 1.807) is 10.7 Å². The number of furan rings is 1. The molecule has 0 aliphatic heterocycles. The molecule has 0 aliphatic carbocycles. The molecule has 1 aromatic carbocycles. The average molecular weight is 283 g/mol. The molecular formula is C16H17N3O2. The lowest BCUT2D eigenvalue weighted by molar-refractivity contribution is 0.0964. The second kappa shape index (κ2) is 5.16. The molecular weight excluding hydrogens is 266 g/mol. The summed E-state index contributed by atoms with van der Waals surface area (Å²) in [5, 5.41) is 5.09. The molecule has 0 spiro atoms. The fourth-order valence-corrected chi connectivity index (χ4v) is 2.36. The van der Waals surface area contributed by atoms with Gasteiger partial charge in [0, 0.05) is 11.4 Å². The van der Waals surface area contributed by atoms with Gasteiger partial charge in [0.1, 0.15) is 17.7 Å². The zero-order valence-electron chi connectivity index (χ0n) is 12.3. The molecule has 0 N–H and O–H groups in total. The van der Waals surface area contributed by atoms with Crippen LogP contribution in [0.15, 0.2) is 35.0 Å². The lowest BCUT2D eigenvalue weighted by Gasteiger charge is -2.07. The number of carbonyl (C=O) groups is 1. The molecule has 0 unspecified atom stereocenters. The minimum absolute atomic E-state index is 0.0845. The smallest absolute Gasteiger partial charge is 0.205 e. The number of benzene rings is 1. The normalized spacial score (nSPS) is 11.4. The zero-order valence-corrected chi connectivity index (χ0v) is 12.3. The number of Topliss-reactive ketones (excluding diaryl/α,β-unsaturated/α-hetero) is 1. The number of aryl methyl sites for hydroxylation is 1. The molecule has 5 heteroatoms. The van der Waals surface area contributed by atoms with Gasteiger partial charge in [-0.25, -0.2) is 9.67 Å². The molecule has 2 heterocycles. The van der Waals surface area contributed by atoms with E-state index >= 15 is 0 Å². The summed E-state index contributed by atoms with van der Waals surface area (Å²) in [7, 11) is 0. The van der Waals surface area contributed by atoms with Crippen molar-refractivity contribution in [1.82, 2.24) is 14.8 Å². The van der Waals surface area contributed by atoms with Crippen LogP contribution in [0.1, 0.15) is 41.8 Å². The SMILES string of the molecule is Cc1ccc2oc(C(=O)Cc3ncnn3C(C)C)cc2c1. The van der Waals surface area contributed by atoms with Gasteiger partial charge in [-0.2, -0.15) is 5.10 Å². The van der Waals surface area contributed by atoms with E-state index in [2.05, 4.69) is 10.1 Å². The van der Waals surface area contributed by atoms with Crippen molar-refractivity contribution in [3.63, 3.8) is 0 Å². The molecule has 0 aliphatic rings. The molecule has 0 bridgehead atoms. The van der Waals surface area contributed by atoms with E-state index in [-0.39, 0.29) is 18.2 Å². The maximum absolute atomic E-state index is 12.4. The first-order chi connectivity index (χ1) is 10.0. The summed E-state index contributed by atoms with van der Waals surface area (Å²) >= 11 is 0. The van der Waals surface area contributed by atoms with Crippen LogP contribution in [0.3, 0.4) is 0 Å². The first kappa shape index (κ1) is 13.5. The summed E-state index contributed by atoms with van der Waals surface area (Å²) in [6, 6.07) is 7.83. The van der Waals surface area contributed by atoms with Gasteiger partial charge in [-0.3, -0.25) is 4.79 Å². The fourth-order valence-electron chi connectivity index (χ4n) is 2.36. The minimum Gasteiger partial charge on any atom is -0.453 e. The van der Waals surface area contributed by atoms with Crippen LogP contribution in [0.5, 0.6) is 0 Å². The predicted molar refractivity (Wildman–Crippen MR) is 79.4 cm³/mol. The summed E-state index contributed by atoms with van der Waals surface area (Å²) in [5.74, 6) is 0.944. The van der Waals surface area contributed by atoms with Gasteiger partial charge in [-0.1, -0.05) is 11.6 Å². The highest BCUT2D eigenvalue weighted by atomic mass is 16.3. The highest BCUT2D eigenvalue weighted by molar-refractivity contribution is 5.98. The van der Waals surface area contributed by atoms with Gasteiger partial charge >= 0.3 is 0 Å². The topological polar surface area (TPSA) is 60.9 Å². The summed E-state index contributed by atoms with van der Waals surface area (Å²) in [6.45, 7) is 6.03. The monoisotopic (exact) mass is 283 g/mol. The highest BCUT2D eigenvalue weighted by Gasteiger charge is 2.17. The Balaban J connectivity index is 1.88. The van der Waals surface area contributed by atoms with E-state index in [1.807, 2.05) is 39.0 Å². The average Bonchev–Trinajstić information content (AvgIpc) is 3.04. The van der Waals surface area contributed by atoms with Crippen molar-refractivity contribution in [2.24, 2.45) is 0 Å². The van der Waals surface area contributed by atoms with E-state index in [4.69, 9.17) is 4.42 Å². The molecule has 0 saturated heterocycles. The van der Waals surface area contributed by atoms with Crippen molar-refractivity contribution in [2.75, 3.05) is 0 Å². The zero-order chi connectivity index (χ0) is 15.0. The molecule has 3 aromatic rings. The maximum Gasteiger partial charge on any atom is 0.205 e. The van der Waals surface area contributed by atoms with Crippen LogP contribution in [0.25, 0.3) is 11.0 Å². The Morgan fingerprint density at radius 2 is 2.14 bits per heavy atom. The molecule has 108 valence electrons. The minimum atomic E-state index is -0.0845. The molecule has 0 saturated carbocycles. The summed E-state index contributed by atoms with van der Waals surface area (Å²) in [4.78, 5) is 16.5. The molecule has 3 rings (SSSR count). The second-order valence-corrected chi connectivity index (χ2v) is 5.47. The van der Waals surface area contributed by atoms with Crippen molar-refractivity contribution >= 4 is 16.8 Å². The van der Waals surface area contributed by atoms with Crippen molar-refractivity contribution in [3.05, 3.63) is 47.7 Å². The second-order valence-electron chi connectivity index (χ2n) is 5.47. The van der Waals surface area contributed by atoms with Crippen LogP contribution in [-0.2, 0) is 6.42 Å². The number of hydrogen-bond donors (Lipinski definition) is 0. The van der Waals surface area contributed by atoms with Crippen LogP contribution in [0.2, 0.25) is 0 Å². The van der Waals surface area contributed by atoms with Crippen LogP contribution >= 0.6 is 0 Å². The number of fused-ring (bicyclic) bond motifs is 1. The Bertz CT molecular complexity index is 799. The Hall–Kier alpha value is -2.43. The van der Waals surface area contributed by atoms with E-state index in [1.165, 1.54) is 6.33 Å². The Morgan fingerprint density at radius 1 is 1.33 bits per heavy atom. The standard InChI is InChI=1S/C16H17N3O2/c1-10(2)19-16(17-9-18-19)8-13(20)15-7-12-6-11(3)4-5-14(12)21-15/h4-7,9-10H,8H2,1-3H3. The van der Waals surface area contributed by atoms with Gasteiger partial charge in [-0.05, 0) is 39.0 Å². The molecule has 21 heavy (non-hydrogen) atoms. The molecule has 0 amide bonds. The molecule has 0 fully saturated rings. The third kappa shape index (κ3) is 2.59. The van der Waals surface area contributed by atoms with Crippen LogP contribution in [0, 0.1) is 6.92 Å². The predicted octanol–water partition coefficient (Wildman–Crippen LogP) is 3.34. The van der Waals surface area contributed by atoms with Gasteiger partial charge in [0.15, 0.2) is 5.76 Å². The summed E-state index contributed by atoms with van der Waals surface area (Å²) in [6.07, 6.45) is 1.67. The van der Waals surface area contributed by atoms with Crippen LogP contribution in [-0.4, -0.2) is 20.5 Å². The quantitative estimate of drug-likeness (QED) is 0.689. The van der Waals surface area contributed by atoms with Crippen molar-refractivity contribution in [1.29, 1.82) is 0 Å². The maximum atomic E-state index is 12.4. The number of aromatic nitrogens is 3. The molecule has 0 atom stereocenters. The number of hydrogen-bond acceptors (Lipinski definition) is 4. The number of rotatable bonds is 4. The summed E-state index contributed by atoms with van der Waals surface area (Å²) in [5.41, 5.74) is 1.87. The van der Waals surface area contributed by atoms with Crippen molar-refractivity contribution < 1.29 is 9.21 Å². The first-order valence-corrected chi connectivity index (χ1v) is 6.96. The van der Waals surface area contributed by atoms with E-state index in [0.717, 1.165) is 16.5 Å². The Morgan fingerprint density at radius 3 is 2.90 bits per heavy atom. The van der Waals surface area contributed by atoms with E-state index in [0.29, 0.717) is 11.6 Å². The fraction of sp³-hybridized carbons (Fsp3) is 0.312. The molecule has 5 nitrogen and oxygen atoms in total. The van der Waals surface area contributed by atoms with E-state index < -0.39 is 0 Å². The van der Waals surface area contributed by atoms with Gasteiger partial charge in [-0.15, -0.1) is 0 Å². The number of ketones is 1. The van der Waals surface area contributed by atoms with Crippen LogP contribution in [0.4, 0.5) is 0 Å². The van der Waals surface area contributed by atoms with E-state index in [9.17, 15) is 4.79 Å². The van der Waals surface area contributed by atoms with Gasteiger partial charge in [0.2, 0.25) is 5.78 Å². The van der Waals surface area contributed by atoms with Gasteiger partial charge in [0.25, 0.3) is 0 Å². The number of nitrogens with zero attached hydrogens (tertiary/aromatic N) is 3. The Labute approximate surface area is 122 Å². The lowest BCUT2D eigenvalue weighted by atomic mass is 10.1. The molecule has 0 radical (unpaired) electrons. The largest absolute Gasteiger partial charge is 0.453 e.